The van der Waals surface area contributed by atoms with Crippen molar-refractivity contribution in [3.63, 3.8) is 0 Å². The molecule has 226 valence electrons. The Morgan fingerprint density at radius 1 is 1.00 bits per heavy atom. The molecule has 9 atom stereocenters. The molecule has 0 aromatic heterocycles. The molecule has 4 aliphatic rings. The number of ketones is 1. The molecule has 4 rings (SSSR count). The normalized spacial score (nSPS) is 39.7. The van der Waals surface area contributed by atoms with Gasteiger partial charge in [-0.05, 0) is 98.7 Å². The van der Waals surface area contributed by atoms with E-state index in [0.717, 1.165) is 51.4 Å². The maximum atomic E-state index is 13.0. The Morgan fingerprint density at radius 3 is 2.44 bits per heavy atom. The number of ether oxygens (including phenoxy) is 1. The molecule has 0 heterocycles. The molecule has 4 unspecified atom stereocenters. The lowest BCUT2D eigenvalue weighted by Crippen LogP contribution is -2.60. The van der Waals surface area contributed by atoms with Gasteiger partial charge in [0, 0.05) is 25.9 Å². The summed E-state index contributed by atoms with van der Waals surface area (Å²) in [5.74, 6) is -2.49. The van der Waals surface area contributed by atoms with E-state index in [0.29, 0.717) is 55.3 Å². The number of carbonyl (C=O) groups is 1. The molecule has 0 saturated heterocycles. The van der Waals surface area contributed by atoms with Gasteiger partial charge in [0.1, 0.15) is 17.3 Å². The van der Waals surface area contributed by atoms with Gasteiger partial charge in [-0.25, -0.2) is 0 Å². The van der Waals surface area contributed by atoms with Crippen LogP contribution in [-0.4, -0.2) is 57.9 Å². The smallest absolute Gasteiger partial charge is 0.453 e. The van der Waals surface area contributed by atoms with Gasteiger partial charge in [0.05, 0.1) is 12.2 Å². The summed E-state index contributed by atoms with van der Waals surface area (Å²) >= 11 is -1.42. The first-order valence-corrected chi connectivity index (χ1v) is 16.3. The highest BCUT2D eigenvalue weighted by Gasteiger charge is 2.63. The van der Waals surface area contributed by atoms with Gasteiger partial charge in [-0.15, -0.1) is 0 Å². The van der Waals surface area contributed by atoms with Gasteiger partial charge in [0.15, 0.2) is 0 Å². The highest BCUT2D eigenvalue weighted by molar-refractivity contribution is 7.91. The average molecular weight is 585 g/mol. The Hall–Kier alpha value is -0.450. The number of unbranched alkanes of at least 4 members (excludes halogenated alkanes) is 2. The monoisotopic (exact) mass is 584 g/mol. The first-order chi connectivity index (χ1) is 18.2. The largest absolute Gasteiger partial charge is 0.616 e. The number of aliphatic hydroxyl groups excluding tert-OH is 1. The highest BCUT2D eigenvalue weighted by Crippen LogP contribution is 2.66. The number of Topliss-reactive ketones (excluding diaryl/α,β-unsaturated/α-hetero) is 1. The van der Waals surface area contributed by atoms with Crippen molar-refractivity contribution in [2.24, 2.45) is 34.5 Å². The summed E-state index contributed by atoms with van der Waals surface area (Å²) in [5.41, 5.74) is -0.0878. The molecule has 0 bridgehead atoms. The van der Waals surface area contributed by atoms with E-state index in [-0.39, 0.29) is 34.5 Å². The van der Waals surface area contributed by atoms with Crippen LogP contribution in [0, 0.1) is 34.5 Å². The summed E-state index contributed by atoms with van der Waals surface area (Å²) in [6.45, 7) is 5.13. The van der Waals surface area contributed by atoms with Crippen LogP contribution in [0.15, 0.2) is 0 Å². The van der Waals surface area contributed by atoms with Gasteiger partial charge in [0.25, 0.3) is 0 Å². The van der Waals surface area contributed by atoms with Crippen LogP contribution in [0.5, 0.6) is 0 Å². The van der Waals surface area contributed by atoms with Gasteiger partial charge in [-0.1, -0.05) is 25.0 Å². The molecule has 39 heavy (non-hydrogen) atoms. The lowest BCUT2D eigenvalue weighted by molar-refractivity contribution is -0.284. The van der Waals surface area contributed by atoms with E-state index in [4.69, 9.17) is 4.74 Å². The molecule has 0 radical (unpaired) electrons. The third kappa shape index (κ3) is 6.48. The summed E-state index contributed by atoms with van der Waals surface area (Å²) in [6, 6.07) is 0. The fourth-order valence-electron chi connectivity index (χ4n) is 8.74. The fourth-order valence-corrected chi connectivity index (χ4v) is 9.94. The predicted molar refractivity (Wildman–Crippen MR) is 140 cm³/mol. The summed E-state index contributed by atoms with van der Waals surface area (Å²) in [4.78, 5) is 12.3. The van der Waals surface area contributed by atoms with Crippen LogP contribution >= 0.6 is 0 Å². The number of alkyl halides is 5. The van der Waals surface area contributed by atoms with Crippen molar-refractivity contribution in [1.29, 1.82) is 0 Å². The van der Waals surface area contributed by atoms with E-state index in [1.807, 2.05) is 0 Å². The fraction of sp³-hybridized carbons (Fsp3) is 0.966. The second-order valence-corrected chi connectivity index (χ2v) is 14.9. The van der Waals surface area contributed by atoms with Crippen molar-refractivity contribution in [3.05, 3.63) is 0 Å². The number of hydrogen-bond acceptors (Lipinski definition) is 4. The maximum absolute atomic E-state index is 13.0. The van der Waals surface area contributed by atoms with E-state index in [1.54, 1.807) is 0 Å². The van der Waals surface area contributed by atoms with Crippen molar-refractivity contribution in [3.8, 4) is 0 Å². The number of hydrogen-bond donors (Lipinski definition) is 1. The van der Waals surface area contributed by atoms with Crippen LogP contribution in [0.1, 0.15) is 97.3 Å². The SMILES string of the molecule is C[C@]12CCC(=O)CC1CC[C@@H]1[C@H]2C(OCCCCC[S+]([O-])CCCC(F)(F)C(F)(F)F)C[C@]2(C)C(O)CC[C@@H]12. The number of carbonyl (C=O) groups excluding carboxylic acids is 1. The molecular weight excluding hydrogens is 539 g/mol. The zero-order chi connectivity index (χ0) is 28.6. The van der Waals surface area contributed by atoms with E-state index in [1.165, 1.54) is 0 Å². The summed E-state index contributed by atoms with van der Waals surface area (Å²) in [6.07, 6.45) is 1.55. The maximum Gasteiger partial charge on any atom is 0.453 e. The van der Waals surface area contributed by atoms with E-state index < -0.39 is 36.1 Å². The van der Waals surface area contributed by atoms with Gasteiger partial charge in [-0.3, -0.25) is 4.79 Å². The minimum atomic E-state index is -5.56. The predicted octanol–water partition coefficient (Wildman–Crippen LogP) is 6.85. The minimum absolute atomic E-state index is 0.0226. The topological polar surface area (TPSA) is 69.6 Å². The quantitative estimate of drug-likeness (QED) is 0.164. The molecule has 1 N–H and O–H groups in total. The summed E-state index contributed by atoms with van der Waals surface area (Å²) in [5, 5.41) is 10.9. The Bertz CT molecular complexity index is 856. The Balaban J connectivity index is 1.26. The van der Waals surface area contributed by atoms with Crippen molar-refractivity contribution < 1.29 is 41.1 Å². The highest BCUT2D eigenvalue weighted by atomic mass is 32.2. The van der Waals surface area contributed by atoms with Crippen molar-refractivity contribution >= 4 is 17.0 Å². The Morgan fingerprint density at radius 2 is 1.72 bits per heavy atom. The van der Waals surface area contributed by atoms with Gasteiger partial charge in [-0.2, -0.15) is 22.0 Å². The van der Waals surface area contributed by atoms with Crippen molar-refractivity contribution in [2.75, 3.05) is 18.1 Å². The van der Waals surface area contributed by atoms with Crippen LogP contribution in [0.3, 0.4) is 0 Å². The lowest BCUT2D eigenvalue weighted by atomic mass is 9.44. The minimum Gasteiger partial charge on any atom is -0.616 e. The molecule has 4 fully saturated rings. The standard InChI is InChI=1S/C29H45F5O4S/c1-26-13-11-20(35)17-19(26)7-8-21-22-9-10-24(36)27(22,2)18-23(25(21)26)38-14-4-3-5-15-39(37)16-6-12-28(30,31)29(32,33)34/h19,21-25,36H,3-18H2,1-2H3/t19?,21-,22-,23?,24?,25-,26-,27-,39?/m0/s1. The number of fused-ring (bicyclic) bond motifs is 5. The molecule has 0 aliphatic heterocycles. The van der Waals surface area contributed by atoms with E-state index in [2.05, 4.69) is 13.8 Å². The number of aliphatic hydroxyl groups is 1. The van der Waals surface area contributed by atoms with Gasteiger partial charge < -0.3 is 14.4 Å². The Kier molecular flexibility index (Phi) is 9.72. The Labute approximate surface area is 232 Å². The van der Waals surface area contributed by atoms with E-state index in [9.17, 15) is 36.4 Å². The number of rotatable bonds is 11. The van der Waals surface area contributed by atoms with Crippen LogP contribution < -0.4 is 0 Å². The molecule has 0 spiro atoms. The molecular formula is C29H45F5O4S. The second kappa shape index (κ2) is 12.0. The average Bonchev–Trinajstić information content (AvgIpc) is 3.14. The first kappa shape index (κ1) is 31.5. The third-order valence-electron chi connectivity index (χ3n) is 11.0. The number of halogens is 5. The van der Waals surface area contributed by atoms with Crippen molar-refractivity contribution in [2.45, 2.75) is 122 Å². The molecule has 4 nitrogen and oxygen atoms in total. The lowest BCUT2D eigenvalue weighted by Gasteiger charge is -2.62. The van der Waals surface area contributed by atoms with Crippen LogP contribution in [0.2, 0.25) is 0 Å². The molecule has 0 aromatic carbocycles. The third-order valence-corrected chi connectivity index (χ3v) is 12.5. The van der Waals surface area contributed by atoms with Crippen LogP contribution in [0.25, 0.3) is 0 Å². The molecule has 10 heteroatoms. The second-order valence-electron chi connectivity index (χ2n) is 13.2. The zero-order valence-electron chi connectivity index (χ0n) is 23.2. The molecule has 4 saturated carbocycles. The molecule has 0 aromatic rings. The summed E-state index contributed by atoms with van der Waals surface area (Å²) in [7, 11) is 0. The van der Waals surface area contributed by atoms with E-state index >= 15 is 0 Å². The van der Waals surface area contributed by atoms with Crippen molar-refractivity contribution in [1.82, 2.24) is 0 Å². The first-order valence-electron chi connectivity index (χ1n) is 14.8. The van der Waals surface area contributed by atoms with Gasteiger partial charge in [0.2, 0.25) is 0 Å². The van der Waals surface area contributed by atoms with Gasteiger partial charge >= 0.3 is 12.1 Å². The van der Waals surface area contributed by atoms with Crippen LogP contribution in [0.4, 0.5) is 22.0 Å². The molecule has 0 amide bonds. The zero-order valence-corrected chi connectivity index (χ0v) is 24.1. The van der Waals surface area contributed by atoms with Crippen LogP contribution in [-0.2, 0) is 20.7 Å². The molecule has 4 aliphatic carbocycles. The summed E-state index contributed by atoms with van der Waals surface area (Å²) < 4.78 is 81.5.